The van der Waals surface area contributed by atoms with Crippen molar-refractivity contribution in [2.24, 2.45) is 5.73 Å². The van der Waals surface area contributed by atoms with Crippen LogP contribution >= 0.6 is 0 Å². The number of amides is 1. The fourth-order valence-corrected chi connectivity index (χ4v) is 3.63. The average Bonchev–Trinajstić information content (AvgIpc) is 2.79. The molecule has 3 aromatic rings. The maximum absolute atomic E-state index is 11.6. The SMILES string of the molecule is NC(=O)CC(Nc1nc(CN2CCN(c3ncccn3)CC2)nc2ccccc12)C(=O)O. The van der Waals surface area contributed by atoms with Crippen molar-refractivity contribution in [3.8, 4) is 0 Å². The lowest BCUT2D eigenvalue weighted by Gasteiger charge is -2.34. The second-order valence-corrected chi connectivity index (χ2v) is 7.52. The average molecular weight is 436 g/mol. The van der Waals surface area contributed by atoms with Gasteiger partial charge in [0.15, 0.2) is 0 Å². The van der Waals surface area contributed by atoms with E-state index in [-0.39, 0.29) is 6.42 Å². The highest BCUT2D eigenvalue weighted by molar-refractivity contribution is 5.92. The summed E-state index contributed by atoms with van der Waals surface area (Å²) < 4.78 is 0. The monoisotopic (exact) mass is 436 g/mol. The minimum atomic E-state index is -1.17. The summed E-state index contributed by atoms with van der Waals surface area (Å²) in [6.07, 6.45) is 3.12. The van der Waals surface area contributed by atoms with Gasteiger partial charge in [0.05, 0.1) is 18.5 Å². The summed E-state index contributed by atoms with van der Waals surface area (Å²) in [4.78, 5) is 45.1. The number of para-hydroxylation sites is 1. The zero-order chi connectivity index (χ0) is 22.5. The first kappa shape index (κ1) is 21.4. The number of benzene rings is 1. The molecule has 2 aromatic heterocycles. The van der Waals surface area contributed by atoms with Crippen molar-refractivity contribution in [3.05, 3.63) is 48.5 Å². The third kappa shape index (κ3) is 5.06. The molecule has 4 rings (SSSR count). The van der Waals surface area contributed by atoms with E-state index in [1.54, 1.807) is 18.5 Å². The van der Waals surface area contributed by atoms with Crippen LogP contribution in [-0.4, -0.2) is 74.0 Å². The number of fused-ring (bicyclic) bond motifs is 1. The Balaban J connectivity index is 1.51. The maximum atomic E-state index is 11.6. The Morgan fingerprint density at radius 1 is 1.06 bits per heavy atom. The second kappa shape index (κ2) is 9.52. The summed E-state index contributed by atoms with van der Waals surface area (Å²) in [6, 6.07) is 7.96. The van der Waals surface area contributed by atoms with Crippen molar-refractivity contribution in [2.75, 3.05) is 36.4 Å². The molecule has 32 heavy (non-hydrogen) atoms. The summed E-state index contributed by atoms with van der Waals surface area (Å²) in [5.41, 5.74) is 5.90. The van der Waals surface area contributed by atoms with Gasteiger partial charge in [-0.05, 0) is 18.2 Å². The van der Waals surface area contributed by atoms with Gasteiger partial charge in [-0.1, -0.05) is 12.1 Å². The molecule has 1 fully saturated rings. The molecule has 1 aliphatic heterocycles. The number of carboxylic acids is 1. The molecule has 1 unspecified atom stereocenters. The number of anilines is 2. The number of carbonyl (C=O) groups is 2. The van der Waals surface area contributed by atoms with E-state index in [0.29, 0.717) is 29.1 Å². The Morgan fingerprint density at radius 3 is 2.47 bits per heavy atom. The second-order valence-electron chi connectivity index (χ2n) is 7.52. The first-order valence-corrected chi connectivity index (χ1v) is 10.3. The van der Waals surface area contributed by atoms with Gasteiger partial charge < -0.3 is 21.1 Å². The molecule has 0 radical (unpaired) electrons. The molecule has 1 aromatic carbocycles. The zero-order valence-corrected chi connectivity index (χ0v) is 17.4. The number of hydrogen-bond acceptors (Lipinski definition) is 9. The lowest BCUT2D eigenvalue weighted by Crippen LogP contribution is -2.46. The molecular formula is C21H24N8O3. The summed E-state index contributed by atoms with van der Waals surface area (Å²) in [6.45, 7) is 3.65. The molecule has 166 valence electrons. The standard InChI is InChI=1S/C21H24N8O3/c22-17(30)12-16(20(31)32)26-19-14-4-1-2-5-15(14)25-18(27-19)13-28-8-10-29(11-9-28)21-23-6-3-7-24-21/h1-7,16H,8-13H2,(H2,22,30)(H,31,32)(H,25,26,27). The topological polar surface area (TPSA) is 150 Å². The smallest absolute Gasteiger partial charge is 0.326 e. The summed E-state index contributed by atoms with van der Waals surface area (Å²) in [5, 5.41) is 13.0. The van der Waals surface area contributed by atoms with Gasteiger partial charge in [0.2, 0.25) is 11.9 Å². The van der Waals surface area contributed by atoms with E-state index < -0.39 is 17.9 Å². The van der Waals surface area contributed by atoms with Crippen LogP contribution in [0.4, 0.5) is 11.8 Å². The molecule has 11 nitrogen and oxygen atoms in total. The van der Waals surface area contributed by atoms with E-state index in [2.05, 4.69) is 35.1 Å². The van der Waals surface area contributed by atoms with E-state index in [4.69, 9.17) is 5.73 Å². The van der Waals surface area contributed by atoms with Crippen LogP contribution in [0.1, 0.15) is 12.2 Å². The Labute approximate surface area is 184 Å². The van der Waals surface area contributed by atoms with Crippen LogP contribution in [0.3, 0.4) is 0 Å². The van der Waals surface area contributed by atoms with Crippen LogP contribution in [-0.2, 0) is 16.1 Å². The molecular weight excluding hydrogens is 412 g/mol. The predicted octanol–water partition coefficient (Wildman–Crippen LogP) is 0.483. The number of aliphatic carboxylic acids is 1. The normalized spacial score (nSPS) is 15.4. The summed E-state index contributed by atoms with van der Waals surface area (Å²) in [7, 11) is 0. The Morgan fingerprint density at radius 2 is 1.78 bits per heavy atom. The van der Waals surface area contributed by atoms with Crippen molar-refractivity contribution < 1.29 is 14.7 Å². The van der Waals surface area contributed by atoms with E-state index >= 15 is 0 Å². The summed E-state index contributed by atoms with van der Waals surface area (Å²) >= 11 is 0. The lowest BCUT2D eigenvalue weighted by molar-refractivity contribution is -0.139. The van der Waals surface area contributed by atoms with Gasteiger partial charge in [0.1, 0.15) is 17.7 Å². The van der Waals surface area contributed by atoms with Crippen LogP contribution in [0.15, 0.2) is 42.7 Å². The van der Waals surface area contributed by atoms with Crippen molar-refractivity contribution in [2.45, 2.75) is 19.0 Å². The highest BCUT2D eigenvalue weighted by atomic mass is 16.4. The van der Waals surface area contributed by atoms with Crippen LogP contribution < -0.4 is 16.0 Å². The number of nitrogens with zero attached hydrogens (tertiary/aromatic N) is 6. The van der Waals surface area contributed by atoms with E-state index in [1.165, 1.54) is 0 Å². The van der Waals surface area contributed by atoms with Crippen LogP contribution in [0.5, 0.6) is 0 Å². The Hall–Kier alpha value is -3.86. The van der Waals surface area contributed by atoms with Crippen LogP contribution in [0.25, 0.3) is 10.9 Å². The molecule has 1 amide bonds. The quantitative estimate of drug-likeness (QED) is 0.455. The molecule has 0 aliphatic carbocycles. The van der Waals surface area contributed by atoms with E-state index in [1.807, 2.05) is 24.3 Å². The van der Waals surface area contributed by atoms with Gasteiger partial charge >= 0.3 is 5.97 Å². The molecule has 1 aliphatic rings. The molecule has 4 N–H and O–H groups in total. The molecule has 0 saturated carbocycles. The number of nitrogens with two attached hydrogens (primary N) is 1. The van der Waals surface area contributed by atoms with Gasteiger partial charge in [0.25, 0.3) is 0 Å². The molecule has 0 bridgehead atoms. The van der Waals surface area contributed by atoms with Crippen molar-refractivity contribution in [1.29, 1.82) is 0 Å². The zero-order valence-electron chi connectivity index (χ0n) is 17.4. The van der Waals surface area contributed by atoms with Crippen LogP contribution in [0.2, 0.25) is 0 Å². The number of nitrogens with one attached hydrogen (secondary N) is 1. The highest BCUT2D eigenvalue weighted by Crippen LogP contribution is 2.22. The number of carboxylic acid groups (broad SMARTS) is 1. The van der Waals surface area contributed by atoms with Gasteiger partial charge in [-0.3, -0.25) is 9.69 Å². The number of hydrogen-bond donors (Lipinski definition) is 3. The maximum Gasteiger partial charge on any atom is 0.326 e. The minimum Gasteiger partial charge on any atom is -0.480 e. The number of primary amides is 1. The number of piperazine rings is 1. The number of carbonyl (C=O) groups excluding carboxylic acids is 1. The third-order valence-electron chi connectivity index (χ3n) is 5.24. The predicted molar refractivity (Wildman–Crippen MR) is 118 cm³/mol. The van der Waals surface area contributed by atoms with Crippen molar-refractivity contribution in [3.63, 3.8) is 0 Å². The molecule has 3 heterocycles. The third-order valence-corrected chi connectivity index (χ3v) is 5.24. The molecule has 1 atom stereocenters. The van der Waals surface area contributed by atoms with Crippen LogP contribution in [0, 0.1) is 0 Å². The molecule has 0 spiro atoms. The lowest BCUT2D eigenvalue weighted by atomic mass is 10.1. The van der Waals surface area contributed by atoms with E-state index in [9.17, 15) is 14.7 Å². The minimum absolute atomic E-state index is 0.341. The fourth-order valence-electron chi connectivity index (χ4n) is 3.63. The van der Waals surface area contributed by atoms with Crippen molar-refractivity contribution in [1.82, 2.24) is 24.8 Å². The van der Waals surface area contributed by atoms with Gasteiger partial charge in [-0.15, -0.1) is 0 Å². The Kier molecular flexibility index (Phi) is 6.36. The number of rotatable bonds is 8. The number of aromatic nitrogens is 4. The molecule has 1 saturated heterocycles. The highest BCUT2D eigenvalue weighted by Gasteiger charge is 2.23. The molecule has 11 heteroatoms. The largest absolute Gasteiger partial charge is 0.480 e. The Bertz CT molecular complexity index is 1100. The van der Waals surface area contributed by atoms with Crippen molar-refractivity contribution >= 4 is 34.5 Å². The van der Waals surface area contributed by atoms with Gasteiger partial charge in [-0.25, -0.2) is 24.7 Å². The summed E-state index contributed by atoms with van der Waals surface area (Å²) in [5.74, 6) is -0.222. The first-order chi connectivity index (χ1) is 15.5. The fraction of sp³-hybridized carbons (Fsp3) is 0.333. The first-order valence-electron chi connectivity index (χ1n) is 10.3. The van der Waals surface area contributed by atoms with E-state index in [0.717, 1.165) is 32.1 Å². The van der Waals surface area contributed by atoms with Gasteiger partial charge in [0, 0.05) is 44.0 Å². The van der Waals surface area contributed by atoms with Gasteiger partial charge in [-0.2, -0.15) is 0 Å².